The molecule has 0 saturated carbocycles. The van der Waals surface area contributed by atoms with Crippen molar-refractivity contribution in [2.75, 3.05) is 50.5 Å². The van der Waals surface area contributed by atoms with Gasteiger partial charge in [0.05, 0.1) is 6.42 Å². The van der Waals surface area contributed by atoms with Gasteiger partial charge >= 0.3 is 0 Å². The molecular formula is C27H31N7O. The van der Waals surface area contributed by atoms with Crippen LogP contribution in [-0.4, -0.2) is 65.6 Å². The van der Waals surface area contributed by atoms with Crippen molar-refractivity contribution in [3.8, 4) is 0 Å². The lowest BCUT2D eigenvalue weighted by Crippen LogP contribution is -2.44. The smallest absolute Gasteiger partial charge is 0.229 e. The van der Waals surface area contributed by atoms with E-state index in [1.165, 1.54) is 5.69 Å². The Hall–Kier alpha value is -3.91. The third kappa shape index (κ3) is 5.27. The zero-order valence-electron chi connectivity index (χ0n) is 20.2. The van der Waals surface area contributed by atoms with Gasteiger partial charge in [-0.1, -0.05) is 24.3 Å². The van der Waals surface area contributed by atoms with Crippen molar-refractivity contribution in [3.05, 3.63) is 78.1 Å². The Bertz CT molecular complexity index is 1310. The summed E-state index contributed by atoms with van der Waals surface area (Å²) in [5.74, 6) is 0.561. The van der Waals surface area contributed by atoms with E-state index in [4.69, 9.17) is 4.98 Å². The normalized spacial score (nSPS) is 14.3. The van der Waals surface area contributed by atoms with E-state index >= 15 is 0 Å². The van der Waals surface area contributed by atoms with Gasteiger partial charge in [-0.15, -0.1) is 0 Å². The number of aromatic nitrogens is 3. The van der Waals surface area contributed by atoms with Crippen LogP contribution >= 0.6 is 0 Å². The summed E-state index contributed by atoms with van der Waals surface area (Å²) in [5.41, 5.74) is 5.16. The Morgan fingerprint density at radius 3 is 2.46 bits per heavy atom. The first-order valence-electron chi connectivity index (χ1n) is 12.0. The minimum Gasteiger partial charge on any atom is -0.369 e. The predicted molar refractivity (Wildman–Crippen MR) is 140 cm³/mol. The maximum atomic E-state index is 11.9. The average Bonchev–Trinajstić information content (AvgIpc) is 3.28. The van der Waals surface area contributed by atoms with Crippen LogP contribution < -0.4 is 15.5 Å². The van der Waals surface area contributed by atoms with E-state index in [0.29, 0.717) is 18.9 Å². The van der Waals surface area contributed by atoms with Crippen LogP contribution in [0, 0.1) is 0 Å². The molecule has 8 heteroatoms. The number of likely N-dealkylation sites (N-methyl/N-ethyl adjacent to an activating group) is 2. The standard InChI is InChI=1S/C27H31N7O/c1-28-25(35)17-20-5-3-4-6-22(20)19-34-12-11-21-18-29-27(31-26(21)34)30-23-7-9-24(10-8-23)33-15-13-32(2)14-16-33/h3-12,18H,13-17,19H2,1-2H3,(H,28,35)(H,29,30,31). The van der Waals surface area contributed by atoms with Crippen LogP contribution in [0.3, 0.4) is 0 Å². The van der Waals surface area contributed by atoms with Crippen molar-refractivity contribution in [1.82, 2.24) is 24.8 Å². The van der Waals surface area contributed by atoms with Crippen LogP contribution in [0.15, 0.2) is 67.0 Å². The quantitative estimate of drug-likeness (QED) is 0.433. The SMILES string of the molecule is CNC(=O)Cc1ccccc1Cn1ccc2cnc(Nc3ccc(N4CCN(C)CC4)cc3)nc21. The largest absolute Gasteiger partial charge is 0.369 e. The van der Waals surface area contributed by atoms with Crippen molar-refractivity contribution in [1.29, 1.82) is 0 Å². The van der Waals surface area contributed by atoms with E-state index < -0.39 is 0 Å². The van der Waals surface area contributed by atoms with Gasteiger partial charge in [0.15, 0.2) is 0 Å². The Morgan fingerprint density at radius 2 is 1.71 bits per heavy atom. The molecule has 8 nitrogen and oxygen atoms in total. The molecular weight excluding hydrogens is 438 g/mol. The van der Waals surface area contributed by atoms with E-state index in [2.05, 4.69) is 67.4 Å². The van der Waals surface area contributed by atoms with E-state index in [9.17, 15) is 4.79 Å². The number of carbonyl (C=O) groups excluding carboxylic acids is 1. The number of rotatable bonds is 7. The second-order valence-corrected chi connectivity index (χ2v) is 9.00. The number of nitrogens with zero attached hydrogens (tertiary/aromatic N) is 5. The first kappa shape index (κ1) is 22.9. The lowest BCUT2D eigenvalue weighted by Gasteiger charge is -2.34. The summed E-state index contributed by atoms with van der Waals surface area (Å²) in [5, 5.41) is 7.02. The van der Waals surface area contributed by atoms with Gasteiger partial charge in [-0.05, 0) is 48.5 Å². The molecule has 3 heterocycles. The molecule has 0 spiro atoms. The maximum Gasteiger partial charge on any atom is 0.229 e. The van der Waals surface area contributed by atoms with Crippen molar-refractivity contribution in [2.45, 2.75) is 13.0 Å². The molecule has 2 aromatic carbocycles. The zero-order valence-corrected chi connectivity index (χ0v) is 20.2. The van der Waals surface area contributed by atoms with Gasteiger partial charge in [0.1, 0.15) is 5.65 Å². The van der Waals surface area contributed by atoms with E-state index in [1.807, 2.05) is 36.7 Å². The van der Waals surface area contributed by atoms with Gasteiger partial charge in [-0.25, -0.2) is 4.98 Å². The minimum atomic E-state index is 0.00210. The van der Waals surface area contributed by atoms with Gasteiger partial charge in [-0.2, -0.15) is 4.98 Å². The molecule has 5 rings (SSSR count). The van der Waals surface area contributed by atoms with Crippen LogP contribution in [0.25, 0.3) is 11.0 Å². The number of hydrogen-bond donors (Lipinski definition) is 2. The molecule has 0 aliphatic carbocycles. The maximum absolute atomic E-state index is 11.9. The third-order valence-electron chi connectivity index (χ3n) is 6.58. The summed E-state index contributed by atoms with van der Waals surface area (Å²) in [6, 6.07) is 18.5. The van der Waals surface area contributed by atoms with Crippen molar-refractivity contribution in [2.24, 2.45) is 0 Å². The first-order valence-corrected chi connectivity index (χ1v) is 12.0. The fraction of sp³-hybridized carbons (Fsp3) is 0.296. The fourth-order valence-corrected chi connectivity index (χ4v) is 4.44. The molecule has 180 valence electrons. The highest BCUT2D eigenvalue weighted by Crippen LogP contribution is 2.23. The molecule has 1 saturated heterocycles. The van der Waals surface area contributed by atoms with Crippen LogP contribution in [0.4, 0.5) is 17.3 Å². The number of carbonyl (C=O) groups is 1. The zero-order chi connectivity index (χ0) is 24.2. The number of piperazine rings is 1. The summed E-state index contributed by atoms with van der Waals surface area (Å²) in [6.07, 6.45) is 4.22. The number of hydrogen-bond acceptors (Lipinski definition) is 6. The second-order valence-electron chi connectivity index (χ2n) is 9.00. The summed E-state index contributed by atoms with van der Waals surface area (Å²) in [4.78, 5) is 26.0. The second kappa shape index (κ2) is 10.1. The fourth-order valence-electron chi connectivity index (χ4n) is 4.44. The topological polar surface area (TPSA) is 78.3 Å². The molecule has 2 N–H and O–H groups in total. The molecule has 0 bridgehead atoms. The molecule has 0 unspecified atom stereocenters. The van der Waals surface area contributed by atoms with Gasteiger partial charge in [0.25, 0.3) is 0 Å². The molecule has 35 heavy (non-hydrogen) atoms. The number of anilines is 3. The van der Waals surface area contributed by atoms with Crippen molar-refractivity contribution in [3.63, 3.8) is 0 Å². The summed E-state index contributed by atoms with van der Waals surface area (Å²) < 4.78 is 2.10. The highest BCUT2D eigenvalue weighted by Gasteiger charge is 2.14. The number of nitrogens with one attached hydrogen (secondary N) is 2. The molecule has 4 aromatic rings. The number of fused-ring (bicyclic) bond motifs is 1. The van der Waals surface area contributed by atoms with Crippen molar-refractivity contribution >= 4 is 34.3 Å². The van der Waals surface area contributed by atoms with E-state index in [0.717, 1.165) is 54.0 Å². The molecule has 1 aliphatic rings. The van der Waals surface area contributed by atoms with Crippen LogP contribution in [0.2, 0.25) is 0 Å². The van der Waals surface area contributed by atoms with Crippen LogP contribution in [0.5, 0.6) is 0 Å². The highest BCUT2D eigenvalue weighted by atomic mass is 16.1. The summed E-state index contributed by atoms with van der Waals surface area (Å²) in [7, 11) is 3.83. The Kier molecular flexibility index (Phi) is 6.63. The highest BCUT2D eigenvalue weighted by molar-refractivity contribution is 5.79. The Balaban J connectivity index is 1.32. The lowest BCUT2D eigenvalue weighted by atomic mass is 10.0. The molecule has 1 aliphatic heterocycles. The Labute approximate surface area is 205 Å². The van der Waals surface area contributed by atoms with Gasteiger partial charge in [-0.3, -0.25) is 4.79 Å². The molecule has 1 fully saturated rings. The molecule has 0 atom stereocenters. The Morgan fingerprint density at radius 1 is 0.971 bits per heavy atom. The third-order valence-corrected chi connectivity index (χ3v) is 6.58. The van der Waals surface area contributed by atoms with E-state index in [-0.39, 0.29) is 5.91 Å². The summed E-state index contributed by atoms with van der Waals surface area (Å²) in [6.45, 7) is 4.90. The first-order chi connectivity index (χ1) is 17.1. The number of benzene rings is 2. The lowest BCUT2D eigenvalue weighted by molar-refractivity contribution is -0.119. The predicted octanol–water partition coefficient (Wildman–Crippen LogP) is 3.26. The molecule has 0 radical (unpaired) electrons. The van der Waals surface area contributed by atoms with Crippen LogP contribution in [-0.2, 0) is 17.8 Å². The summed E-state index contributed by atoms with van der Waals surface area (Å²) >= 11 is 0. The monoisotopic (exact) mass is 469 g/mol. The average molecular weight is 470 g/mol. The van der Waals surface area contributed by atoms with Crippen molar-refractivity contribution < 1.29 is 4.79 Å². The van der Waals surface area contributed by atoms with Gasteiger partial charge in [0.2, 0.25) is 11.9 Å². The number of amides is 1. The van der Waals surface area contributed by atoms with Gasteiger partial charge in [0, 0.05) is 68.9 Å². The molecule has 1 amide bonds. The molecule has 2 aromatic heterocycles. The van der Waals surface area contributed by atoms with Gasteiger partial charge < -0.3 is 25.0 Å². The minimum absolute atomic E-state index is 0.00210. The van der Waals surface area contributed by atoms with E-state index in [1.54, 1.807) is 7.05 Å². The van der Waals surface area contributed by atoms with Crippen LogP contribution in [0.1, 0.15) is 11.1 Å².